The Bertz CT molecular complexity index is 434. The van der Waals surface area contributed by atoms with E-state index in [0.717, 1.165) is 25.1 Å². The summed E-state index contributed by atoms with van der Waals surface area (Å²) in [5, 5.41) is 3.38. The number of carbonyl (C=O) groups excluding carboxylic acids is 1. The molecule has 98 valence electrons. The lowest BCUT2D eigenvalue weighted by Gasteiger charge is -2.19. The monoisotopic (exact) mass is 265 g/mol. The van der Waals surface area contributed by atoms with Crippen LogP contribution in [-0.2, 0) is 16.0 Å². The summed E-state index contributed by atoms with van der Waals surface area (Å²) in [4.78, 5) is 12.9. The third-order valence-corrected chi connectivity index (χ3v) is 4.29. The maximum Gasteiger partial charge on any atom is 0.308 e. The Morgan fingerprint density at radius 1 is 1.56 bits per heavy atom. The van der Waals surface area contributed by atoms with Crippen molar-refractivity contribution < 1.29 is 9.53 Å². The lowest BCUT2D eigenvalue weighted by Crippen LogP contribution is -2.18. The standard InChI is InChI=1S/C14H19NO2S/c1-3-11(14(16)17-2)8-10-4-5-12-13(9-10)18-7-6-15-12/h4-5,9,11,15H,3,6-8H2,1-2H3. The Kier molecular flexibility index (Phi) is 4.53. The smallest absolute Gasteiger partial charge is 0.308 e. The summed E-state index contributed by atoms with van der Waals surface area (Å²) in [7, 11) is 1.46. The van der Waals surface area contributed by atoms with Gasteiger partial charge in [0.1, 0.15) is 0 Å². The Morgan fingerprint density at radius 2 is 2.39 bits per heavy atom. The van der Waals surface area contributed by atoms with Gasteiger partial charge in [-0.15, -0.1) is 11.8 Å². The predicted octanol–water partition coefficient (Wildman–Crippen LogP) is 2.95. The fraction of sp³-hybridized carbons (Fsp3) is 0.500. The van der Waals surface area contributed by atoms with Gasteiger partial charge in [-0.3, -0.25) is 4.79 Å². The number of fused-ring (bicyclic) bond motifs is 1. The van der Waals surface area contributed by atoms with Crippen molar-refractivity contribution in [1.29, 1.82) is 0 Å². The van der Waals surface area contributed by atoms with Crippen LogP contribution in [0.25, 0.3) is 0 Å². The topological polar surface area (TPSA) is 38.3 Å². The second-order valence-electron chi connectivity index (χ2n) is 4.44. The van der Waals surface area contributed by atoms with Crippen molar-refractivity contribution in [3.63, 3.8) is 0 Å². The predicted molar refractivity (Wildman–Crippen MR) is 75.2 cm³/mol. The maximum absolute atomic E-state index is 11.6. The average Bonchev–Trinajstić information content (AvgIpc) is 2.43. The molecule has 3 nitrogen and oxygen atoms in total. The first-order valence-corrected chi connectivity index (χ1v) is 7.30. The van der Waals surface area contributed by atoms with E-state index in [-0.39, 0.29) is 11.9 Å². The molecular weight excluding hydrogens is 246 g/mol. The molecule has 18 heavy (non-hydrogen) atoms. The number of nitrogens with one attached hydrogen (secondary N) is 1. The summed E-state index contributed by atoms with van der Waals surface area (Å²) in [6, 6.07) is 6.40. The molecule has 0 spiro atoms. The van der Waals surface area contributed by atoms with Gasteiger partial charge in [0.2, 0.25) is 0 Å². The largest absolute Gasteiger partial charge is 0.469 e. The van der Waals surface area contributed by atoms with Crippen LogP contribution >= 0.6 is 11.8 Å². The number of methoxy groups -OCH3 is 1. The first kappa shape index (κ1) is 13.3. The second kappa shape index (κ2) is 6.14. The van der Waals surface area contributed by atoms with Crippen LogP contribution in [0.3, 0.4) is 0 Å². The first-order valence-electron chi connectivity index (χ1n) is 6.32. The molecule has 2 rings (SSSR count). The lowest BCUT2D eigenvalue weighted by atomic mass is 9.97. The number of thioether (sulfide) groups is 1. The van der Waals surface area contributed by atoms with E-state index >= 15 is 0 Å². The van der Waals surface area contributed by atoms with Gasteiger partial charge in [-0.05, 0) is 30.5 Å². The van der Waals surface area contributed by atoms with Crippen LogP contribution in [0.15, 0.2) is 23.1 Å². The van der Waals surface area contributed by atoms with Crippen LogP contribution in [0.5, 0.6) is 0 Å². The molecular formula is C14H19NO2S. The third-order valence-electron chi connectivity index (χ3n) is 3.23. The fourth-order valence-electron chi connectivity index (χ4n) is 2.15. The Labute approximate surface area is 112 Å². The van der Waals surface area contributed by atoms with Crippen molar-refractivity contribution in [2.75, 3.05) is 24.7 Å². The van der Waals surface area contributed by atoms with Crippen molar-refractivity contribution in [3.05, 3.63) is 23.8 Å². The number of hydrogen-bond acceptors (Lipinski definition) is 4. The summed E-state index contributed by atoms with van der Waals surface area (Å²) in [5.41, 5.74) is 2.42. The molecule has 0 fully saturated rings. The fourth-order valence-corrected chi connectivity index (χ4v) is 3.11. The van der Waals surface area contributed by atoms with Gasteiger partial charge in [0.05, 0.1) is 13.0 Å². The highest BCUT2D eigenvalue weighted by molar-refractivity contribution is 7.99. The molecule has 1 N–H and O–H groups in total. The molecule has 0 aromatic heterocycles. The molecule has 0 aliphatic carbocycles. The average molecular weight is 265 g/mol. The summed E-state index contributed by atoms with van der Waals surface area (Å²) in [6.45, 7) is 3.05. The molecule has 0 saturated heterocycles. The van der Waals surface area contributed by atoms with E-state index in [1.54, 1.807) is 0 Å². The van der Waals surface area contributed by atoms with Crippen molar-refractivity contribution in [2.24, 2.45) is 5.92 Å². The quantitative estimate of drug-likeness (QED) is 0.850. The summed E-state index contributed by atoms with van der Waals surface area (Å²) in [6.07, 6.45) is 1.58. The van der Waals surface area contributed by atoms with Crippen molar-refractivity contribution in [1.82, 2.24) is 0 Å². The van der Waals surface area contributed by atoms with Gasteiger partial charge in [0.25, 0.3) is 0 Å². The zero-order valence-corrected chi connectivity index (χ0v) is 11.7. The summed E-state index contributed by atoms with van der Waals surface area (Å²) in [5.74, 6) is 0.959. The number of hydrogen-bond donors (Lipinski definition) is 1. The number of esters is 1. The number of carbonyl (C=O) groups is 1. The highest BCUT2D eigenvalue weighted by Gasteiger charge is 2.18. The van der Waals surface area contributed by atoms with E-state index in [2.05, 4.69) is 23.5 Å². The Hall–Kier alpha value is -1.16. The minimum Gasteiger partial charge on any atom is -0.469 e. The number of ether oxygens (including phenoxy) is 1. The maximum atomic E-state index is 11.6. The molecule has 1 aliphatic rings. The van der Waals surface area contributed by atoms with Crippen LogP contribution in [0.4, 0.5) is 5.69 Å². The molecule has 1 aromatic carbocycles. The molecule has 0 saturated carbocycles. The molecule has 1 heterocycles. The first-order chi connectivity index (χ1) is 8.74. The van der Waals surface area contributed by atoms with Gasteiger partial charge in [0.15, 0.2) is 0 Å². The molecule has 1 unspecified atom stereocenters. The zero-order valence-electron chi connectivity index (χ0n) is 10.9. The van der Waals surface area contributed by atoms with Crippen LogP contribution in [0.2, 0.25) is 0 Å². The summed E-state index contributed by atoms with van der Waals surface area (Å²) < 4.78 is 4.83. The molecule has 0 amide bonds. The van der Waals surface area contributed by atoms with E-state index < -0.39 is 0 Å². The molecule has 4 heteroatoms. The van der Waals surface area contributed by atoms with Crippen LogP contribution in [0, 0.1) is 5.92 Å². The Morgan fingerprint density at radius 3 is 3.11 bits per heavy atom. The minimum atomic E-state index is -0.110. The van der Waals surface area contributed by atoms with Gasteiger partial charge in [-0.2, -0.15) is 0 Å². The molecule has 0 radical (unpaired) electrons. The number of anilines is 1. The van der Waals surface area contributed by atoms with Gasteiger partial charge in [-0.1, -0.05) is 13.0 Å². The van der Waals surface area contributed by atoms with Crippen molar-refractivity contribution >= 4 is 23.4 Å². The number of rotatable bonds is 4. The summed E-state index contributed by atoms with van der Waals surface area (Å²) >= 11 is 1.87. The second-order valence-corrected chi connectivity index (χ2v) is 5.57. The van der Waals surface area contributed by atoms with Crippen molar-refractivity contribution in [2.45, 2.75) is 24.7 Å². The highest BCUT2D eigenvalue weighted by atomic mass is 32.2. The van der Waals surface area contributed by atoms with E-state index in [4.69, 9.17) is 4.74 Å². The van der Waals surface area contributed by atoms with E-state index in [9.17, 15) is 4.79 Å². The van der Waals surface area contributed by atoms with Gasteiger partial charge < -0.3 is 10.1 Å². The van der Waals surface area contributed by atoms with Crippen molar-refractivity contribution in [3.8, 4) is 0 Å². The SMILES string of the molecule is CCC(Cc1ccc2c(c1)SCCN2)C(=O)OC. The van der Waals surface area contributed by atoms with Crippen LogP contribution in [0.1, 0.15) is 18.9 Å². The molecule has 1 atom stereocenters. The minimum absolute atomic E-state index is 0.0328. The van der Waals surface area contributed by atoms with E-state index in [0.29, 0.717) is 0 Å². The normalized spacial score (nSPS) is 15.4. The van der Waals surface area contributed by atoms with E-state index in [1.165, 1.54) is 23.3 Å². The van der Waals surface area contributed by atoms with Crippen LogP contribution < -0.4 is 5.32 Å². The number of benzene rings is 1. The lowest BCUT2D eigenvalue weighted by molar-refractivity contribution is -0.145. The van der Waals surface area contributed by atoms with Gasteiger partial charge in [0, 0.05) is 22.9 Å². The van der Waals surface area contributed by atoms with Gasteiger partial charge >= 0.3 is 5.97 Å². The van der Waals surface area contributed by atoms with E-state index in [1.807, 2.05) is 18.7 Å². The molecule has 1 aromatic rings. The third kappa shape index (κ3) is 2.99. The molecule has 1 aliphatic heterocycles. The van der Waals surface area contributed by atoms with Crippen LogP contribution in [-0.4, -0.2) is 25.4 Å². The molecule has 0 bridgehead atoms. The highest BCUT2D eigenvalue weighted by Crippen LogP contribution is 2.32. The zero-order chi connectivity index (χ0) is 13.0. The van der Waals surface area contributed by atoms with Gasteiger partial charge in [-0.25, -0.2) is 0 Å². The Balaban J connectivity index is 2.11.